The molecule has 0 amide bonds. The highest BCUT2D eigenvalue weighted by atomic mass is 35.5. The average Bonchev–Trinajstić information content (AvgIpc) is 3.14. The minimum atomic E-state index is -0.393. The highest BCUT2D eigenvalue weighted by Gasteiger charge is 2.18. The Morgan fingerprint density at radius 3 is 2.46 bits per heavy atom. The van der Waals surface area contributed by atoms with Gasteiger partial charge in [-0.25, -0.2) is 4.39 Å². The van der Waals surface area contributed by atoms with Crippen molar-refractivity contribution in [2.45, 2.75) is 26.6 Å². The van der Waals surface area contributed by atoms with Crippen LogP contribution in [-0.4, -0.2) is 5.71 Å². The van der Waals surface area contributed by atoms with Crippen LogP contribution in [0.15, 0.2) is 71.9 Å². The molecule has 0 unspecified atom stereocenters. The number of oxime groups is 1. The zero-order chi connectivity index (χ0) is 19.5. The summed E-state index contributed by atoms with van der Waals surface area (Å²) in [5.41, 5.74) is 5.87. The molecule has 1 aliphatic heterocycles. The van der Waals surface area contributed by atoms with Crippen molar-refractivity contribution in [3.63, 3.8) is 0 Å². The third kappa shape index (κ3) is 3.87. The maximum Gasteiger partial charge on any atom is 0.146 e. The Hall–Kier alpha value is -2.85. The molecule has 0 aliphatic carbocycles. The van der Waals surface area contributed by atoms with E-state index >= 15 is 0 Å². The van der Waals surface area contributed by atoms with E-state index in [-0.39, 0.29) is 6.61 Å². The topological polar surface area (TPSA) is 24.8 Å². The molecule has 3 aromatic rings. The molecule has 0 aromatic heterocycles. The van der Waals surface area contributed by atoms with Gasteiger partial charge in [0.1, 0.15) is 12.4 Å². The molecule has 3 aromatic carbocycles. The lowest BCUT2D eigenvalue weighted by Gasteiger charge is -2.18. The lowest BCUT2D eigenvalue weighted by atomic mass is 10.1. The van der Waals surface area contributed by atoms with E-state index in [2.05, 4.69) is 46.5 Å². The fourth-order valence-electron chi connectivity index (χ4n) is 3.36. The molecule has 28 heavy (non-hydrogen) atoms. The summed E-state index contributed by atoms with van der Waals surface area (Å²) in [7, 11) is 0. The number of hydrogen-bond acceptors (Lipinski definition) is 3. The molecule has 0 bridgehead atoms. The number of rotatable bonds is 5. The molecule has 5 heteroatoms. The van der Waals surface area contributed by atoms with E-state index in [0.717, 1.165) is 30.1 Å². The second kappa shape index (κ2) is 8.03. The fourth-order valence-corrected chi connectivity index (χ4v) is 3.58. The molecule has 0 atom stereocenters. The second-order valence-corrected chi connectivity index (χ2v) is 7.23. The van der Waals surface area contributed by atoms with Crippen molar-refractivity contribution in [3.05, 3.63) is 99.8 Å². The number of halogens is 2. The molecule has 0 radical (unpaired) electrons. The van der Waals surface area contributed by atoms with E-state index in [9.17, 15) is 4.39 Å². The summed E-state index contributed by atoms with van der Waals surface area (Å²) in [4.78, 5) is 7.70. The fraction of sp³-hybridized carbons (Fsp3) is 0.174. The summed E-state index contributed by atoms with van der Waals surface area (Å²) in [5, 5.41) is 4.49. The van der Waals surface area contributed by atoms with Gasteiger partial charge in [-0.3, -0.25) is 0 Å². The second-order valence-electron chi connectivity index (χ2n) is 6.83. The summed E-state index contributed by atoms with van der Waals surface area (Å²) in [6.45, 7) is 3.67. The van der Waals surface area contributed by atoms with Crippen molar-refractivity contribution in [1.82, 2.24) is 0 Å². The van der Waals surface area contributed by atoms with Crippen molar-refractivity contribution in [3.8, 4) is 0 Å². The van der Waals surface area contributed by atoms with Gasteiger partial charge in [0.05, 0.1) is 10.7 Å². The molecule has 0 N–H and O–H groups in total. The first kappa shape index (κ1) is 18.5. The van der Waals surface area contributed by atoms with Gasteiger partial charge in [-0.2, -0.15) is 0 Å². The van der Waals surface area contributed by atoms with E-state index in [0.29, 0.717) is 10.6 Å². The van der Waals surface area contributed by atoms with Gasteiger partial charge in [0, 0.05) is 29.9 Å². The number of anilines is 1. The lowest BCUT2D eigenvalue weighted by molar-refractivity contribution is 0.128. The van der Waals surface area contributed by atoms with Crippen LogP contribution in [0, 0.1) is 5.82 Å². The predicted molar refractivity (Wildman–Crippen MR) is 111 cm³/mol. The van der Waals surface area contributed by atoms with Gasteiger partial charge in [0.15, 0.2) is 0 Å². The largest absolute Gasteiger partial charge is 0.391 e. The molecule has 0 spiro atoms. The molecule has 142 valence electrons. The van der Waals surface area contributed by atoms with Crippen LogP contribution in [-0.2, 0) is 24.5 Å². The minimum absolute atomic E-state index is 0.00995. The number of hydrogen-bond donors (Lipinski definition) is 0. The monoisotopic (exact) mass is 394 g/mol. The Labute approximate surface area is 169 Å². The van der Waals surface area contributed by atoms with Crippen molar-refractivity contribution < 1.29 is 9.23 Å². The summed E-state index contributed by atoms with van der Waals surface area (Å²) in [6, 6.07) is 21.3. The Bertz CT molecular complexity index is 989. The van der Waals surface area contributed by atoms with Crippen LogP contribution >= 0.6 is 11.6 Å². The summed E-state index contributed by atoms with van der Waals surface area (Å²) in [5.74, 6) is -0.393. The summed E-state index contributed by atoms with van der Waals surface area (Å²) >= 11 is 6.02. The van der Waals surface area contributed by atoms with E-state index in [4.69, 9.17) is 16.4 Å². The predicted octanol–water partition coefficient (Wildman–Crippen LogP) is 5.94. The van der Waals surface area contributed by atoms with Gasteiger partial charge in [-0.05, 0) is 42.3 Å². The highest BCUT2D eigenvalue weighted by molar-refractivity contribution is 6.31. The molecule has 0 fully saturated rings. The molecule has 4 rings (SSSR count). The minimum Gasteiger partial charge on any atom is -0.391 e. The molecule has 0 saturated carbocycles. The molecular formula is C23H20ClFN2O. The van der Waals surface area contributed by atoms with Gasteiger partial charge < -0.3 is 9.74 Å². The maximum absolute atomic E-state index is 13.8. The van der Waals surface area contributed by atoms with Gasteiger partial charge in [-0.1, -0.05) is 59.2 Å². The van der Waals surface area contributed by atoms with Crippen molar-refractivity contribution >= 4 is 23.0 Å². The number of benzene rings is 3. The SMILES string of the molecule is C/C(=N\OCc1c(F)cccc1Cl)c1cccc(N2Cc3ccccc3C2)c1. The van der Waals surface area contributed by atoms with Crippen molar-refractivity contribution in [2.75, 3.05) is 4.90 Å². The van der Waals surface area contributed by atoms with Crippen LogP contribution in [0.4, 0.5) is 10.1 Å². The third-order valence-electron chi connectivity index (χ3n) is 4.94. The Kier molecular flexibility index (Phi) is 5.31. The van der Waals surface area contributed by atoms with Crippen LogP contribution in [0.3, 0.4) is 0 Å². The van der Waals surface area contributed by atoms with Gasteiger partial charge in [0.2, 0.25) is 0 Å². The average molecular weight is 395 g/mol. The van der Waals surface area contributed by atoms with Crippen LogP contribution in [0.2, 0.25) is 5.02 Å². The standard InChI is InChI=1S/C23H20ClFN2O/c1-16(26-28-15-21-22(24)10-5-11-23(21)25)17-8-4-9-20(12-17)27-13-18-6-2-3-7-19(18)14-27/h2-12H,13-15H2,1H3/b26-16+. The van der Waals surface area contributed by atoms with Gasteiger partial charge in [-0.15, -0.1) is 0 Å². The molecule has 1 heterocycles. The smallest absolute Gasteiger partial charge is 0.146 e. The zero-order valence-corrected chi connectivity index (χ0v) is 16.3. The van der Waals surface area contributed by atoms with Crippen molar-refractivity contribution in [2.24, 2.45) is 5.16 Å². The van der Waals surface area contributed by atoms with Gasteiger partial charge >= 0.3 is 0 Å². The number of nitrogens with zero attached hydrogens (tertiary/aromatic N) is 2. The van der Waals surface area contributed by atoms with Crippen LogP contribution in [0.25, 0.3) is 0 Å². The maximum atomic E-state index is 13.8. The van der Waals surface area contributed by atoms with E-state index in [1.807, 2.05) is 19.1 Å². The summed E-state index contributed by atoms with van der Waals surface area (Å²) < 4.78 is 13.8. The van der Waals surface area contributed by atoms with Gasteiger partial charge in [0.25, 0.3) is 0 Å². The highest BCUT2D eigenvalue weighted by Crippen LogP contribution is 2.28. The van der Waals surface area contributed by atoms with E-state index in [1.165, 1.54) is 17.2 Å². The third-order valence-corrected chi connectivity index (χ3v) is 5.30. The first-order valence-electron chi connectivity index (χ1n) is 9.13. The molecule has 3 nitrogen and oxygen atoms in total. The van der Waals surface area contributed by atoms with Crippen LogP contribution in [0.5, 0.6) is 0 Å². The van der Waals surface area contributed by atoms with Crippen molar-refractivity contribution in [1.29, 1.82) is 0 Å². The lowest BCUT2D eigenvalue weighted by Crippen LogP contribution is -2.14. The Balaban J connectivity index is 1.46. The molecule has 0 saturated heterocycles. The Morgan fingerprint density at radius 2 is 1.75 bits per heavy atom. The van der Waals surface area contributed by atoms with E-state index in [1.54, 1.807) is 12.1 Å². The van der Waals surface area contributed by atoms with Crippen LogP contribution in [0.1, 0.15) is 29.2 Å². The quantitative estimate of drug-likeness (QED) is 0.395. The first-order valence-corrected chi connectivity index (χ1v) is 9.51. The summed E-state index contributed by atoms with van der Waals surface area (Å²) in [6.07, 6.45) is 0. The van der Waals surface area contributed by atoms with Crippen LogP contribution < -0.4 is 4.90 Å². The van der Waals surface area contributed by atoms with E-state index < -0.39 is 5.82 Å². The number of fused-ring (bicyclic) bond motifs is 1. The molecular weight excluding hydrogens is 375 g/mol. The normalized spacial score (nSPS) is 13.5. The first-order chi connectivity index (χ1) is 13.6. The molecule has 1 aliphatic rings. The Morgan fingerprint density at radius 1 is 1.04 bits per heavy atom. The zero-order valence-electron chi connectivity index (χ0n) is 15.5.